The summed E-state index contributed by atoms with van der Waals surface area (Å²) in [5.41, 5.74) is -0.488. The van der Waals surface area contributed by atoms with E-state index >= 15 is 0 Å². The third kappa shape index (κ3) is 5.31. The van der Waals surface area contributed by atoms with E-state index in [2.05, 4.69) is 22.6 Å². The summed E-state index contributed by atoms with van der Waals surface area (Å²) < 4.78 is 20.0. The van der Waals surface area contributed by atoms with Crippen LogP contribution < -0.4 is 4.90 Å². The number of anilines is 1. The Bertz CT molecular complexity index is 545. The fraction of sp³-hybridized carbons (Fsp3) is 0.588. The van der Waals surface area contributed by atoms with Crippen molar-refractivity contribution < 1.29 is 19.0 Å². The lowest BCUT2D eigenvalue weighted by atomic mass is 9.88. The minimum absolute atomic E-state index is 0.0136. The van der Waals surface area contributed by atoms with Gasteiger partial charge in [-0.1, -0.05) is 13.3 Å². The molecule has 1 aliphatic rings. The van der Waals surface area contributed by atoms with Crippen molar-refractivity contribution in [1.29, 1.82) is 0 Å². The smallest absolute Gasteiger partial charge is 0.308 e. The molecule has 0 radical (unpaired) electrons. The number of aliphatic hydroxyl groups is 1. The number of benzene rings is 1. The lowest BCUT2D eigenvalue weighted by Gasteiger charge is -2.38. The van der Waals surface area contributed by atoms with Crippen LogP contribution in [0.5, 0.6) is 0 Å². The van der Waals surface area contributed by atoms with Crippen LogP contribution in [0.25, 0.3) is 0 Å². The van der Waals surface area contributed by atoms with Gasteiger partial charge in [-0.2, -0.15) is 0 Å². The molecule has 1 saturated heterocycles. The highest BCUT2D eigenvalue weighted by atomic mass is 127. The summed E-state index contributed by atoms with van der Waals surface area (Å²) in [4.78, 5) is 13.7. The van der Waals surface area contributed by atoms with E-state index in [0.717, 1.165) is 16.4 Å². The maximum atomic E-state index is 14.0. The lowest BCUT2D eigenvalue weighted by molar-refractivity contribution is -0.150. The molecule has 23 heavy (non-hydrogen) atoms. The number of nitrogens with zero attached hydrogens (tertiary/aromatic N) is 1. The average Bonchev–Trinajstić information content (AvgIpc) is 2.49. The van der Waals surface area contributed by atoms with Gasteiger partial charge in [0.25, 0.3) is 0 Å². The number of hydrogen-bond acceptors (Lipinski definition) is 4. The van der Waals surface area contributed by atoms with Gasteiger partial charge in [0.1, 0.15) is 5.82 Å². The highest BCUT2D eigenvalue weighted by Crippen LogP contribution is 2.30. The van der Waals surface area contributed by atoms with E-state index < -0.39 is 5.60 Å². The summed E-state index contributed by atoms with van der Waals surface area (Å²) in [6.07, 6.45) is 2.68. The number of carbonyl (C=O) groups excluding carboxylic acids is 1. The van der Waals surface area contributed by atoms with E-state index in [1.54, 1.807) is 6.07 Å². The third-order valence-corrected chi connectivity index (χ3v) is 4.85. The highest BCUT2D eigenvalue weighted by molar-refractivity contribution is 14.1. The molecule has 1 N–H and O–H groups in total. The van der Waals surface area contributed by atoms with Crippen LogP contribution >= 0.6 is 22.6 Å². The minimum Gasteiger partial charge on any atom is -0.466 e. The fourth-order valence-corrected chi connectivity index (χ4v) is 3.18. The molecule has 0 aliphatic carbocycles. The Morgan fingerprint density at radius 2 is 2.13 bits per heavy atom. The second-order valence-corrected chi connectivity index (χ2v) is 7.30. The highest BCUT2D eigenvalue weighted by Gasteiger charge is 2.35. The summed E-state index contributed by atoms with van der Waals surface area (Å²) in [6, 6.07) is 5.13. The first-order valence-corrected chi connectivity index (χ1v) is 9.09. The van der Waals surface area contributed by atoms with Crippen molar-refractivity contribution in [2.75, 3.05) is 24.6 Å². The summed E-state index contributed by atoms with van der Waals surface area (Å²) in [7, 11) is 0. The zero-order valence-electron chi connectivity index (χ0n) is 13.4. The predicted molar refractivity (Wildman–Crippen MR) is 96.0 cm³/mol. The number of piperidine rings is 1. The Morgan fingerprint density at radius 3 is 2.74 bits per heavy atom. The van der Waals surface area contributed by atoms with Gasteiger partial charge < -0.3 is 14.7 Å². The maximum Gasteiger partial charge on any atom is 0.308 e. The van der Waals surface area contributed by atoms with Gasteiger partial charge in [0.2, 0.25) is 0 Å². The van der Waals surface area contributed by atoms with Crippen LogP contribution in [0.4, 0.5) is 10.1 Å². The molecule has 1 aromatic carbocycles. The largest absolute Gasteiger partial charge is 0.466 e. The Hall–Kier alpha value is -0.890. The standard InChI is InChI=1S/C17H23FINO3/c1-2-3-10-23-16(21)12-17(22)6-8-20(9-7-17)15-5-4-13(19)11-14(15)18/h4-5,11,22H,2-3,6-10,12H2,1H3. The fourth-order valence-electron chi connectivity index (χ4n) is 2.73. The van der Waals surface area contributed by atoms with Crippen LogP contribution in [0.3, 0.4) is 0 Å². The van der Waals surface area contributed by atoms with E-state index in [-0.39, 0.29) is 18.2 Å². The normalized spacial score (nSPS) is 17.1. The predicted octanol–water partition coefficient (Wildman–Crippen LogP) is 3.50. The molecule has 128 valence electrons. The topological polar surface area (TPSA) is 49.8 Å². The van der Waals surface area contributed by atoms with Crippen LogP contribution in [0, 0.1) is 9.39 Å². The van der Waals surface area contributed by atoms with Crippen LogP contribution in [0.1, 0.15) is 39.0 Å². The van der Waals surface area contributed by atoms with E-state index in [1.807, 2.05) is 17.9 Å². The minimum atomic E-state index is -1.04. The van der Waals surface area contributed by atoms with E-state index in [9.17, 15) is 14.3 Å². The Balaban J connectivity index is 1.88. The molecule has 1 heterocycles. The van der Waals surface area contributed by atoms with Crippen LogP contribution in [0.2, 0.25) is 0 Å². The first-order chi connectivity index (χ1) is 10.9. The van der Waals surface area contributed by atoms with Crippen LogP contribution in [-0.4, -0.2) is 36.4 Å². The average molecular weight is 435 g/mol. The number of rotatable bonds is 6. The molecular weight excluding hydrogens is 412 g/mol. The quantitative estimate of drug-likeness (QED) is 0.422. The number of esters is 1. The molecule has 1 aliphatic heterocycles. The van der Waals surface area contributed by atoms with Gasteiger partial charge in [-0.15, -0.1) is 0 Å². The molecule has 2 rings (SSSR count). The van der Waals surface area contributed by atoms with Gasteiger partial charge in [-0.3, -0.25) is 4.79 Å². The second kappa shape index (κ2) is 8.28. The molecule has 6 heteroatoms. The van der Waals surface area contributed by atoms with Crippen molar-refractivity contribution in [2.45, 2.75) is 44.6 Å². The third-order valence-electron chi connectivity index (χ3n) is 4.18. The summed E-state index contributed by atoms with van der Waals surface area (Å²) in [6.45, 7) is 3.48. The molecule has 1 fully saturated rings. The van der Waals surface area contributed by atoms with Gasteiger partial charge in [-0.05, 0) is 60.1 Å². The second-order valence-electron chi connectivity index (χ2n) is 6.06. The molecule has 0 bridgehead atoms. The van der Waals surface area contributed by atoms with Gasteiger partial charge in [0.15, 0.2) is 0 Å². The number of unbranched alkanes of at least 4 members (excludes halogenated alkanes) is 1. The van der Waals surface area contributed by atoms with Crippen molar-refractivity contribution in [1.82, 2.24) is 0 Å². The molecule has 0 atom stereocenters. The van der Waals surface area contributed by atoms with Crippen molar-refractivity contribution in [2.24, 2.45) is 0 Å². The molecule has 1 aromatic rings. The van der Waals surface area contributed by atoms with Crippen molar-refractivity contribution >= 4 is 34.2 Å². The molecule has 0 saturated carbocycles. The van der Waals surface area contributed by atoms with Gasteiger partial charge in [-0.25, -0.2) is 4.39 Å². The van der Waals surface area contributed by atoms with Crippen LogP contribution in [-0.2, 0) is 9.53 Å². The van der Waals surface area contributed by atoms with Gasteiger partial charge >= 0.3 is 5.97 Å². The monoisotopic (exact) mass is 435 g/mol. The molecular formula is C17H23FINO3. The Morgan fingerprint density at radius 1 is 1.43 bits per heavy atom. The molecule has 0 aromatic heterocycles. The van der Waals surface area contributed by atoms with Gasteiger partial charge in [0.05, 0.1) is 24.3 Å². The zero-order valence-corrected chi connectivity index (χ0v) is 15.5. The first-order valence-electron chi connectivity index (χ1n) is 8.01. The first kappa shape index (κ1) is 18.4. The molecule has 0 spiro atoms. The summed E-state index contributed by atoms with van der Waals surface area (Å²) in [5, 5.41) is 10.6. The Kier molecular flexibility index (Phi) is 6.64. The van der Waals surface area contributed by atoms with Gasteiger partial charge in [0, 0.05) is 16.7 Å². The SMILES string of the molecule is CCCCOC(=O)CC1(O)CCN(c2ccc(I)cc2F)CC1. The molecule has 0 unspecified atom stereocenters. The van der Waals surface area contributed by atoms with Crippen LogP contribution in [0.15, 0.2) is 18.2 Å². The molecule has 0 amide bonds. The number of ether oxygens (including phenoxy) is 1. The lowest BCUT2D eigenvalue weighted by Crippen LogP contribution is -2.46. The number of hydrogen-bond donors (Lipinski definition) is 1. The van der Waals surface area contributed by atoms with Crippen molar-refractivity contribution in [3.8, 4) is 0 Å². The van der Waals surface area contributed by atoms with Crippen molar-refractivity contribution in [3.05, 3.63) is 27.6 Å². The summed E-state index contributed by atoms with van der Waals surface area (Å²) in [5.74, 6) is -0.601. The van der Waals surface area contributed by atoms with E-state index in [4.69, 9.17) is 4.74 Å². The van der Waals surface area contributed by atoms with Crippen molar-refractivity contribution in [3.63, 3.8) is 0 Å². The summed E-state index contributed by atoms with van der Waals surface area (Å²) >= 11 is 2.08. The van der Waals surface area contributed by atoms with E-state index in [1.165, 1.54) is 6.07 Å². The Labute approximate surface area is 150 Å². The number of halogens is 2. The number of carbonyl (C=O) groups is 1. The molecule has 4 nitrogen and oxygen atoms in total. The van der Waals surface area contributed by atoms with E-state index in [0.29, 0.717) is 38.2 Å². The maximum absolute atomic E-state index is 14.0. The zero-order chi connectivity index (χ0) is 16.9.